The van der Waals surface area contributed by atoms with Crippen LogP contribution in [-0.4, -0.2) is 51.0 Å². The zero-order chi connectivity index (χ0) is 19.7. The second-order valence-electron chi connectivity index (χ2n) is 7.54. The molecule has 2 aromatic rings. The van der Waals surface area contributed by atoms with Crippen LogP contribution in [0.2, 0.25) is 5.02 Å². The maximum Gasteiger partial charge on any atom is 0.235 e. The topological polar surface area (TPSA) is 60.2 Å². The van der Waals surface area contributed by atoms with Gasteiger partial charge in [0.25, 0.3) is 0 Å². The highest BCUT2D eigenvalue weighted by Crippen LogP contribution is 2.46. The molecule has 0 saturated heterocycles. The molecule has 2 saturated carbocycles. The minimum absolute atomic E-state index is 0.0722. The van der Waals surface area contributed by atoms with Crippen molar-refractivity contribution in [2.24, 2.45) is 0 Å². The Morgan fingerprint density at radius 3 is 2.64 bits per heavy atom. The van der Waals surface area contributed by atoms with Crippen molar-refractivity contribution < 1.29 is 9.53 Å². The number of likely N-dealkylation sites (N-methyl/N-ethyl adjacent to an activating group) is 1. The molecule has 150 valence electrons. The van der Waals surface area contributed by atoms with Gasteiger partial charge in [-0.05, 0) is 56.9 Å². The Morgan fingerprint density at radius 1 is 1.29 bits per heavy atom. The Bertz CT molecular complexity index is 833. The molecule has 0 N–H and O–H groups in total. The van der Waals surface area contributed by atoms with Crippen LogP contribution in [0.3, 0.4) is 0 Å². The van der Waals surface area contributed by atoms with Gasteiger partial charge in [-0.2, -0.15) is 0 Å². The fraction of sp³-hybridized carbons (Fsp3) is 0.550. The third kappa shape index (κ3) is 4.63. The van der Waals surface area contributed by atoms with E-state index in [0.717, 1.165) is 16.7 Å². The van der Waals surface area contributed by atoms with E-state index in [-0.39, 0.29) is 11.2 Å². The predicted octanol–water partition coefficient (Wildman–Crippen LogP) is 4.16. The fourth-order valence-electron chi connectivity index (χ4n) is 3.12. The summed E-state index contributed by atoms with van der Waals surface area (Å²) in [4.78, 5) is 14.5. The number of carbonyl (C=O) groups is 1. The minimum atomic E-state index is -0.214. The molecular formula is C20H25ClN4O2S. The van der Waals surface area contributed by atoms with Gasteiger partial charge in [-0.1, -0.05) is 23.4 Å². The first-order valence-electron chi connectivity index (χ1n) is 9.77. The van der Waals surface area contributed by atoms with Gasteiger partial charge >= 0.3 is 0 Å². The van der Waals surface area contributed by atoms with Gasteiger partial charge < -0.3 is 14.2 Å². The Morgan fingerprint density at radius 2 is 2.00 bits per heavy atom. The number of ether oxygens (including phenoxy) is 1. The third-order valence-electron chi connectivity index (χ3n) is 5.06. The van der Waals surface area contributed by atoms with Crippen molar-refractivity contribution in [3.63, 3.8) is 0 Å². The second-order valence-corrected chi connectivity index (χ2v) is 9.28. The van der Waals surface area contributed by atoms with E-state index < -0.39 is 0 Å². The number of hydrogen-bond acceptors (Lipinski definition) is 5. The molecule has 1 aromatic carbocycles. The van der Waals surface area contributed by atoms with Crippen LogP contribution in [-0.2, 0) is 4.79 Å². The van der Waals surface area contributed by atoms with Crippen LogP contribution in [0.4, 0.5) is 0 Å². The second kappa shape index (κ2) is 8.33. The van der Waals surface area contributed by atoms with Crippen LogP contribution in [0.5, 0.6) is 5.75 Å². The van der Waals surface area contributed by atoms with E-state index in [4.69, 9.17) is 16.3 Å². The van der Waals surface area contributed by atoms with Crippen molar-refractivity contribution in [1.82, 2.24) is 19.7 Å². The molecule has 28 heavy (non-hydrogen) atoms. The number of aromatic nitrogens is 3. The molecule has 8 heteroatoms. The van der Waals surface area contributed by atoms with Crippen LogP contribution in [0.25, 0.3) is 0 Å². The van der Waals surface area contributed by atoms with Gasteiger partial charge in [0.2, 0.25) is 5.91 Å². The monoisotopic (exact) mass is 420 g/mol. The van der Waals surface area contributed by atoms with Gasteiger partial charge in [0.15, 0.2) is 5.16 Å². The number of hydrogen-bond donors (Lipinski definition) is 0. The molecule has 1 amide bonds. The molecule has 2 fully saturated rings. The number of thioether (sulfide) groups is 1. The van der Waals surface area contributed by atoms with Crippen molar-refractivity contribution in [2.45, 2.75) is 55.0 Å². The summed E-state index contributed by atoms with van der Waals surface area (Å²) < 4.78 is 7.98. The summed E-state index contributed by atoms with van der Waals surface area (Å²) in [5.41, 5.74) is 0. The average molecular weight is 421 g/mol. The third-order valence-corrected chi connectivity index (χ3v) is 6.36. The Kier molecular flexibility index (Phi) is 5.83. The first-order valence-corrected chi connectivity index (χ1v) is 11.0. The highest BCUT2D eigenvalue weighted by Gasteiger charge is 2.37. The van der Waals surface area contributed by atoms with Crippen LogP contribution >= 0.6 is 23.4 Å². The molecule has 0 aliphatic heterocycles. The lowest BCUT2D eigenvalue weighted by Crippen LogP contribution is -2.36. The molecule has 1 aromatic heterocycles. The van der Waals surface area contributed by atoms with Gasteiger partial charge in [-0.3, -0.25) is 4.79 Å². The number of benzene rings is 1. The first-order chi connectivity index (χ1) is 13.5. The van der Waals surface area contributed by atoms with Crippen molar-refractivity contribution in [1.29, 1.82) is 0 Å². The SMILES string of the molecule is CC(Sc1nnc(C2CC2)n1C1CC1)C(=O)N(C)CCOc1ccc(Cl)cc1. The van der Waals surface area contributed by atoms with Crippen LogP contribution in [0.15, 0.2) is 29.4 Å². The largest absolute Gasteiger partial charge is 0.492 e. The molecule has 0 radical (unpaired) electrons. The summed E-state index contributed by atoms with van der Waals surface area (Å²) in [6.07, 6.45) is 4.80. The van der Waals surface area contributed by atoms with Crippen LogP contribution < -0.4 is 4.74 Å². The zero-order valence-electron chi connectivity index (χ0n) is 16.2. The normalized spacial score (nSPS) is 17.4. The average Bonchev–Trinajstić information content (AvgIpc) is 3.61. The molecule has 0 bridgehead atoms. The smallest absolute Gasteiger partial charge is 0.235 e. The molecule has 4 rings (SSSR count). The molecule has 0 spiro atoms. The fourth-order valence-corrected chi connectivity index (χ4v) is 4.29. The number of halogens is 1. The summed E-state index contributed by atoms with van der Waals surface area (Å²) >= 11 is 7.39. The molecule has 2 aliphatic rings. The van der Waals surface area contributed by atoms with Crippen LogP contribution in [0, 0.1) is 0 Å². The number of carbonyl (C=O) groups excluding carboxylic acids is 1. The van der Waals surface area contributed by atoms with Gasteiger partial charge in [-0.15, -0.1) is 10.2 Å². The van der Waals surface area contributed by atoms with E-state index >= 15 is 0 Å². The molecule has 1 unspecified atom stereocenters. The first kappa shape index (κ1) is 19.6. The Hall–Kier alpha value is -1.73. The predicted molar refractivity (Wildman–Crippen MR) is 110 cm³/mol. The maximum atomic E-state index is 12.8. The van der Waals surface area contributed by atoms with E-state index in [1.54, 1.807) is 17.0 Å². The highest BCUT2D eigenvalue weighted by atomic mass is 35.5. The van der Waals surface area contributed by atoms with Gasteiger partial charge in [0.1, 0.15) is 18.2 Å². The summed E-state index contributed by atoms with van der Waals surface area (Å²) in [6, 6.07) is 7.75. The van der Waals surface area contributed by atoms with Gasteiger partial charge in [0.05, 0.1) is 11.8 Å². The summed E-state index contributed by atoms with van der Waals surface area (Å²) in [5, 5.41) is 10.2. The van der Waals surface area contributed by atoms with E-state index in [9.17, 15) is 4.79 Å². The molecule has 1 atom stereocenters. The number of nitrogens with zero attached hydrogens (tertiary/aromatic N) is 4. The summed E-state index contributed by atoms with van der Waals surface area (Å²) in [6.45, 7) is 2.90. The van der Waals surface area contributed by atoms with Gasteiger partial charge in [-0.25, -0.2) is 0 Å². The van der Waals surface area contributed by atoms with Crippen molar-refractivity contribution in [2.75, 3.05) is 20.2 Å². The Labute approximate surface area is 174 Å². The van der Waals surface area contributed by atoms with Gasteiger partial charge in [0, 0.05) is 24.0 Å². The highest BCUT2D eigenvalue weighted by molar-refractivity contribution is 8.00. The molecule has 1 heterocycles. The summed E-state index contributed by atoms with van der Waals surface area (Å²) in [7, 11) is 1.81. The lowest BCUT2D eigenvalue weighted by atomic mass is 10.3. The lowest BCUT2D eigenvalue weighted by molar-refractivity contribution is -0.129. The van der Waals surface area contributed by atoms with E-state index in [0.29, 0.717) is 30.1 Å². The van der Waals surface area contributed by atoms with Crippen molar-refractivity contribution >= 4 is 29.3 Å². The van der Waals surface area contributed by atoms with E-state index in [2.05, 4.69) is 14.8 Å². The minimum Gasteiger partial charge on any atom is -0.492 e. The van der Waals surface area contributed by atoms with Crippen LogP contribution in [0.1, 0.15) is 50.4 Å². The Balaban J connectivity index is 1.30. The maximum absolute atomic E-state index is 12.8. The standard InChI is InChI=1S/C20H25ClN4O2S/c1-13(19(26)24(2)11-12-27-17-9-5-15(21)6-10-17)28-20-23-22-18(14-3-4-14)25(20)16-7-8-16/h5-6,9-10,13-14,16H,3-4,7-8,11-12H2,1-2H3. The van der Waals surface area contributed by atoms with Crippen molar-refractivity contribution in [3.05, 3.63) is 35.1 Å². The van der Waals surface area contributed by atoms with Crippen molar-refractivity contribution in [3.8, 4) is 5.75 Å². The number of rotatable bonds is 9. The van der Waals surface area contributed by atoms with E-state index in [1.165, 1.54) is 37.4 Å². The number of amides is 1. The zero-order valence-corrected chi connectivity index (χ0v) is 17.7. The molecular weight excluding hydrogens is 396 g/mol. The lowest BCUT2D eigenvalue weighted by Gasteiger charge is -2.21. The molecule has 2 aliphatic carbocycles. The van der Waals surface area contributed by atoms with E-state index in [1.807, 2.05) is 26.1 Å². The quantitative estimate of drug-likeness (QED) is 0.570. The molecule has 6 nitrogen and oxygen atoms in total. The summed E-state index contributed by atoms with van der Waals surface area (Å²) in [5.74, 6) is 2.51.